The third-order valence-electron chi connectivity index (χ3n) is 5.37. The molecule has 0 bridgehead atoms. The molecule has 0 amide bonds. The van der Waals surface area contributed by atoms with Gasteiger partial charge in [0.05, 0.1) is 0 Å². The summed E-state index contributed by atoms with van der Waals surface area (Å²) < 4.78 is 1.15. The van der Waals surface area contributed by atoms with Crippen molar-refractivity contribution in [1.82, 2.24) is 10.2 Å². The molecule has 0 radical (unpaired) electrons. The Balaban J connectivity index is 1.88. The summed E-state index contributed by atoms with van der Waals surface area (Å²) in [6, 6.07) is 9.16. The molecule has 1 fully saturated rings. The highest BCUT2D eigenvalue weighted by atomic mass is 79.9. The fraction of sp³-hybridized carbons (Fsp3) is 0.667. The zero-order valence-corrected chi connectivity index (χ0v) is 15.2. The maximum absolute atomic E-state index is 3.51. The van der Waals surface area contributed by atoms with Gasteiger partial charge in [0.25, 0.3) is 0 Å². The number of hydrogen-bond donors (Lipinski definition) is 1. The quantitative estimate of drug-likeness (QED) is 0.770. The van der Waals surface area contributed by atoms with E-state index in [1.165, 1.54) is 50.9 Å². The zero-order valence-electron chi connectivity index (χ0n) is 13.7. The Morgan fingerprint density at radius 3 is 2.43 bits per heavy atom. The van der Waals surface area contributed by atoms with Gasteiger partial charge in [0.15, 0.2) is 0 Å². The van der Waals surface area contributed by atoms with Gasteiger partial charge < -0.3 is 10.2 Å². The molecule has 0 saturated carbocycles. The topological polar surface area (TPSA) is 15.3 Å². The van der Waals surface area contributed by atoms with Gasteiger partial charge in [-0.25, -0.2) is 0 Å². The van der Waals surface area contributed by atoms with E-state index < -0.39 is 0 Å². The van der Waals surface area contributed by atoms with E-state index in [2.05, 4.69) is 71.3 Å². The maximum Gasteiger partial charge on any atom is 0.0329 e. The van der Waals surface area contributed by atoms with E-state index in [0.717, 1.165) is 4.47 Å². The number of benzene rings is 1. The summed E-state index contributed by atoms with van der Waals surface area (Å²) in [7, 11) is 2.07. The van der Waals surface area contributed by atoms with Gasteiger partial charge in [-0.15, -0.1) is 0 Å². The number of likely N-dealkylation sites (tertiary alicyclic amines) is 1. The highest BCUT2D eigenvalue weighted by Gasteiger charge is 2.34. The van der Waals surface area contributed by atoms with E-state index in [0.29, 0.717) is 11.5 Å². The molecule has 1 N–H and O–H groups in total. The summed E-state index contributed by atoms with van der Waals surface area (Å²) in [5.74, 6) is 0. The average Bonchev–Trinajstić information content (AvgIpc) is 2.94. The molecule has 1 unspecified atom stereocenters. The van der Waals surface area contributed by atoms with Crippen LogP contribution in [-0.2, 0) is 0 Å². The number of nitrogens with zero attached hydrogens (tertiary/aromatic N) is 1. The molecule has 21 heavy (non-hydrogen) atoms. The second kappa shape index (κ2) is 7.75. The number of halogens is 1. The van der Waals surface area contributed by atoms with Crippen LogP contribution >= 0.6 is 15.9 Å². The molecule has 1 aromatic carbocycles. The smallest absolute Gasteiger partial charge is 0.0329 e. The van der Waals surface area contributed by atoms with Gasteiger partial charge in [0.2, 0.25) is 0 Å². The van der Waals surface area contributed by atoms with Crippen LogP contribution in [0.15, 0.2) is 28.7 Å². The molecule has 2 rings (SSSR count). The van der Waals surface area contributed by atoms with Crippen molar-refractivity contribution in [2.45, 2.75) is 45.6 Å². The molecule has 3 heteroatoms. The third-order valence-corrected chi connectivity index (χ3v) is 5.90. The molecular formula is C18H29BrN2. The largest absolute Gasteiger partial charge is 0.313 e. The minimum Gasteiger partial charge on any atom is -0.313 e. The first-order valence-electron chi connectivity index (χ1n) is 8.27. The monoisotopic (exact) mass is 352 g/mol. The fourth-order valence-electron chi connectivity index (χ4n) is 3.53. The van der Waals surface area contributed by atoms with Crippen molar-refractivity contribution in [3.63, 3.8) is 0 Å². The fourth-order valence-corrected chi connectivity index (χ4v) is 3.79. The predicted octanol–water partition coefficient (Wildman–Crippen LogP) is 4.61. The van der Waals surface area contributed by atoms with Crippen LogP contribution in [0, 0.1) is 5.41 Å². The van der Waals surface area contributed by atoms with Crippen molar-refractivity contribution in [2.75, 3.05) is 26.7 Å². The van der Waals surface area contributed by atoms with Crippen LogP contribution in [0.3, 0.4) is 0 Å². The maximum atomic E-state index is 3.51. The van der Waals surface area contributed by atoms with E-state index in [9.17, 15) is 0 Å². The van der Waals surface area contributed by atoms with Gasteiger partial charge in [0, 0.05) is 17.1 Å². The second-order valence-corrected chi connectivity index (χ2v) is 7.33. The van der Waals surface area contributed by atoms with Gasteiger partial charge in [0.1, 0.15) is 0 Å². The van der Waals surface area contributed by atoms with Crippen LogP contribution in [0.1, 0.15) is 51.1 Å². The van der Waals surface area contributed by atoms with Crippen molar-refractivity contribution in [1.29, 1.82) is 0 Å². The first-order chi connectivity index (χ1) is 10.1. The van der Waals surface area contributed by atoms with E-state index in [1.807, 2.05) is 0 Å². The molecular weight excluding hydrogens is 324 g/mol. The normalized spacial score (nSPS) is 19.8. The molecule has 2 nitrogen and oxygen atoms in total. The Labute approximate surface area is 138 Å². The van der Waals surface area contributed by atoms with Crippen LogP contribution in [0.5, 0.6) is 0 Å². The van der Waals surface area contributed by atoms with E-state index in [4.69, 9.17) is 0 Å². The second-order valence-electron chi connectivity index (χ2n) is 6.41. The lowest BCUT2D eigenvalue weighted by molar-refractivity contribution is 0.234. The summed E-state index contributed by atoms with van der Waals surface area (Å²) in [4.78, 5) is 2.66. The standard InChI is InChI=1S/C18H29BrN2/c1-4-18(5-2)11-13-21(14-18)12-10-17(20-3)15-6-8-16(19)9-7-15/h6-9,17,20H,4-5,10-14H2,1-3H3. The van der Waals surface area contributed by atoms with Gasteiger partial charge in [-0.05, 0) is 68.9 Å². The first kappa shape index (κ1) is 17.0. The predicted molar refractivity (Wildman–Crippen MR) is 94.6 cm³/mol. The van der Waals surface area contributed by atoms with Crippen molar-refractivity contribution < 1.29 is 0 Å². The molecule has 0 aliphatic carbocycles. The zero-order chi connectivity index (χ0) is 15.3. The number of nitrogens with one attached hydrogen (secondary N) is 1. The molecule has 1 saturated heterocycles. The van der Waals surface area contributed by atoms with Crippen LogP contribution in [0.4, 0.5) is 0 Å². The molecule has 1 aliphatic heterocycles. The minimum atomic E-state index is 0.455. The summed E-state index contributed by atoms with van der Waals surface area (Å²) in [6.45, 7) is 8.47. The van der Waals surface area contributed by atoms with Crippen LogP contribution < -0.4 is 5.32 Å². The first-order valence-corrected chi connectivity index (χ1v) is 9.07. The van der Waals surface area contributed by atoms with Gasteiger partial charge >= 0.3 is 0 Å². The molecule has 1 aliphatic rings. The minimum absolute atomic E-state index is 0.455. The van der Waals surface area contributed by atoms with Crippen LogP contribution in [-0.4, -0.2) is 31.6 Å². The van der Waals surface area contributed by atoms with E-state index in [1.54, 1.807) is 0 Å². The SMILES string of the molecule is CCC1(CC)CCN(CCC(NC)c2ccc(Br)cc2)C1. The molecule has 0 aromatic heterocycles. The van der Waals surface area contributed by atoms with Crippen LogP contribution in [0.25, 0.3) is 0 Å². The Morgan fingerprint density at radius 2 is 1.90 bits per heavy atom. The van der Waals surface area contributed by atoms with Crippen molar-refractivity contribution >= 4 is 15.9 Å². The average molecular weight is 353 g/mol. The molecule has 118 valence electrons. The van der Waals surface area contributed by atoms with Crippen molar-refractivity contribution in [3.8, 4) is 0 Å². The summed E-state index contributed by atoms with van der Waals surface area (Å²) in [5.41, 5.74) is 1.98. The van der Waals surface area contributed by atoms with Gasteiger partial charge in [-0.1, -0.05) is 41.9 Å². The molecule has 1 aromatic rings. The molecule has 1 atom stereocenters. The van der Waals surface area contributed by atoms with Crippen molar-refractivity contribution in [3.05, 3.63) is 34.3 Å². The lowest BCUT2D eigenvalue weighted by Crippen LogP contribution is -2.29. The lowest BCUT2D eigenvalue weighted by Gasteiger charge is -2.27. The summed E-state index contributed by atoms with van der Waals surface area (Å²) in [6.07, 6.45) is 5.20. The molecule has 0 spiro atoms. The Morgan fingerprint density at radius 1 is 1.24 bits per heavy atom. The number of rotatable bonds is 7. The third kappa shape index (κ3) is 4.30. The molecule has 1 heterocycles. The van der Waals surface area contributed by atoms with E-state index >= 15 is 0 Å². The highest BCUT2D eigenvalue weighted by Crippen LogP contribution is 2.37. The lowest BCUT2D eigenvalue weighted by atomic mass is 9.82. The van der Waals surface area contributed by atoms with Crippen LogP contribution in [0.2, 0.25) is 0 Å². The summed E-state index contributed by atoms with van der Waals surface area (Å²) in [5, 5.41) is 3.47. The Hall–Kier alpha value is -0.380. The van der Waals surface area contributed by atoms with Gasteiger partial charge in [-0.3, -0.25) is 0 Å². The van der Waals surface area contributed by atoms with Crippen molar-refractivity contribution in [2.24, 2.45) is 5.41 Å². The highest BCUT2D eigenvalue weighted by molar-refractivity contribution is 9.10. The van der Waals surface area contributed by atoms with E-state index in [-0.39, 0.29) is 0 Å². The van der Waals surface area contributed by atoms with Gasteiger partial charge in [-0.2, -0.15) is 0 Å². The Bertz CT molecular complexity index is 425. The summed E-state index contributed by atoms with van der Waals surface area (Å²) >= 11 is 3.51. The number of hydrogen-bond acceptors (Lipinski definition) is 2. The Kier molecular flexibility index (Phi) is 6.27.